The Morgan fingerprint density at radius 2 is 2.07 bits per heavy atom. The van der Waals surface area contributed by atoms with Crippen molar-refractivity contribution >= 4 is 16.5 Å². The second-order valence-corrected chi connectivity index (χ2v) is 4.59. The lowest BCUT2D eigenvalue weighted by atomic mass is 9.88. The zero-order chi connectivity index (χ0) is 11.9. The predicted octanol–water partition coefficient (Wildman–Crippen LogP) is 2.01. The average molecular weight is 227 g/mol. The molecule has 0 fully saturated rings. The van der Waals surface area contributed by atoms with Gasteiger partial charge < -0.3 is 9.16 Å². The van der Waals surface area contributed by atoms with Gasteiger partial charge in [0.05, 0.1) is 12.0 Å². The van der Waals surface area contributed by atoms with Gasteiger partial charge in [-0.05, 0) is 33.6 Å². The van der Waals surface area contributed by atoms with Crippen molar-refractivity contribution < 1.29 is 14.0 Å². The predicted molar refractivity (Wildman–Crippen MR) is 60.5 cm³/mol. The van der Waals surface area contributed by atoms with E-state index >= 15 is 0 Å². The Kier molecular flexibility index (Phi) is 6.52. The smallest absolute Gasteiger partial charge is 0.345 e. The molecule has 0 atom stereocenters. The summed E-state index contributed by atoms with van der Waals surface area (Å²) in [5.41, 5.74) is 0.544. The minimum Gasteiger partial charge on any atom is -0.516 e. The topological polar surface area (TPSA) is 35.5 Å². The summed E-state index contributed by atoms with van der Waals surface area (Å²) >= 11 is 0. The Hall–Kier alpha value is -0.613. The van der Waals surface area contributed by atoms with Crippen LogP contribution in [0.2, 0.25) is 0 Å². The monoisotopic (exact) mass is 227 g/mol. The number of carbonyl (C=O) groups excluding carboxylic acids is 1. The maximum Gasteiger partial charge on any atom is 0.345 e. The summed E-state index contributed by atoms with van der Waals surface area (Å²) in [5, 5.41) is 0. The minimum atomic E-state index is -0.464. The quantitative estimate of drug-likeness (QED) is 0.379. The highest BCUT2D eigenvalue weighted by Crippen LogP contribution is 2.23. The van der Waals surface area contributed by atoms with E-state index in [9.17, 15) is 4.79 Å². The molecule has 0 N–H and O–H groups in total. The Labute approximate surface area is 95.4 Å². The first-order valence-electron chi connectivity index (χ1n) is 5.00. The molecule has 15 heavy (non-hydrogen) atoms. The van der Waals surface area contributed by atoms with Crippen LogP contribution in [-0.4, -0.2) is 29.7 Å². The molecule has 0 unspecified atom stereocenters. The van der Waals surface area contributed by atoms with E-state index in [1.54, 1.807) is 0 Å². The summed E-state index contributed by atoms with van der Waals surface area (Å²) in [6.45, 7) is 10.6. The van der Waals surface area contributed by atoms with Crippen LogP contribution in [0.1, 0.15) is 33.6 Å². The van der Waals surface area contributed by atoms with Gasteiger partial charge in [0.25, 0.3) is 5.97 Å². The van der Waals surface area contributed by atoms with Crippen LogP contribution < -0.4 is 0 Å². The number of rotatable bonds is 7. The molecule has 0 saturated carbocycles. The van der Waals surface area contributed by atoms with Gasteiger partial charge in [-0.1, -0.05) is 12.2 Å². The third-order valence-electron chi connectivity index (χ3n) is 2.08. The van der Waals surface area contributed by atoms with Crippen LogP contribution in [0.3, 0.4) is 0 Å². The molecule has 3 radical (unpaired) electrons. The SMILES string of the molecule is C=C(C)COCCCC(C)(C)C(=O)O[Si]. The molecule has 0 aliphatic rings. The molecule has 0 aromatic rings. The lowest BCUT2D eigenvalue weighted by Crippen LogP contribution is -2.26. The highest BCUT2D eigenvalue weighted by Gasteiger charge is 2.27. The van der Waals surface area contributed by atoms with Crippen molar-refractivity contribution in [2.45, 2.75) is 33.6 Å². The summed E-state index contributed by atoms with van der Waals surface area (Å²) < 4.78 is 9.86. The molecule has 85 valence electrons. The Morgan fingerprint density at radius 1 is 1.47 bits per heavy atom. The maximum absolute atomic E-state index is 11.3. The summed E-state index contributed by atoms with van der Waals surface area (Å²) in [6.07, 6.45) is 1.58. The Bertz CT molecular complexity index is 224. The molecule has 0 amide bonds. The van der Waals surface area contributed by atoms with E-state index in [4.69, 9.17) is 4.74 Å². The number of carbonyl (C=O) groups is 1. The molecule has 0 rings (SSSR count). The second-order valence-electron chi connectivity index (χ2n) is 4.39. The summed E-state index contributed by atoms with van der Waals surface area (Å²) in [4.78, 5) is 11.3. The first kappa shape index (κ1) is 14.4. The van der Waals surface area contributed by atoms with Gasteiger partial charge in [0.15, 0.2) is 0 Å². The van der Waals surface area contributed by atoms with Crippen LogP contribution in [0, 0.1) is 5.41 Å². The molecular formula is C11H19O3Si. The van der Waals surface area contributed by atoms with Crippen molar-refractivity contribution in [3.05, 3.63) is 12.2 Å². The molecule has 0 saturated heterocycles. The van der Waals surface area contributed by atoms with Gasteiger partial charge in [-0.2, -0.15) is 0 Å². The van der Waals surface area contributed by atoms with Gasteiger partial charge in [0.1, 0.15) is 0 Å². The summed E-state index contributed by atoms with van der Waals surface area (Å²) in [7, 11) is 2.75. The van der Waals surface area contributed by atoms with Crippen LogP contribution in [0.25, 0.3) is 0 Å². The second kappa shape index (κ2) is 6.79. The average Bonchev–Trinajstić information content (AvgIpc) is 2.15. The fourth-order valence-electron chi connectivity index (χ4n) is 1.10. The van der Waals surface area contributed by atoms with Crippen molar-refractivity contribution in [2.24, 2.45) is 5.41 Å². The third-order valence-corrected chi connectivity index (χ3v) is 2.27. The van der Waals surface area contributed by atoms with Crippen molar-refractivity contribution in [3.63, 3.8) is 0 Å². The lowest BCUT2D eigenvalue weighted by Gasteiger charge is -2.21. The molecule has 0 bridgehead atoms. The molecule has 0 aliphatic heterocycles. The van der Waals surface area contributed by atoms with E-state index in [2.05, 4.69) is 21.5 Å². The highest BCUT2D eigenvalue weighted by molar-refractivity contribution is 6.06. The molecule has 0 aromatic carbocycles. The third kappa shape index (κ3) is 6.46. The van der Waals surface area contributed by atoms with Gasteiger partial charge in [-0.3, -0.25) is 4.79 Å². The summed E-state index contributed by atoms with van der Waals surface area (Å²) in [5.74, 6) is -0.251. The Morgan fingerprint density at radius 3 is 2.53 bits per heavy atom. The maximum atomic E-state index is 11.3. The molecule has 3 nitrogen and oxygen atoms in total. The van der Waals surface area contributed by atoms with E-state index in [0.717, 1.165) is 18.4 Å². The first-order chi connectivity index (χ1) is 6.90. The fourth-order valence-corrected chi connectivity index (χ4v) is 1.38. The molecule has 0 aromatic heterocycles. The van der Waals surface area contributed by atoms with Crippen molar-refractivity contribution in [1.29, 1.82) is 0 Å². The standard InChI is InChI=1S/C11H19O3Si/c1-9(2)8-13-7-5-6-11(3,4)10(12)14-15/h1,5-8H2,2-4H3. The van der Waals surface area contributed by atoms with E-state index in [-0.39, 0.29) is 5.97 Å². The highest BCUT2D eigenvalue weighted by atomic mass is 28.2. The van der Waals surface area contributed by atoms with Crippen molar-refractivity contribution in [2.75, 3.05) is 13.2 Å². The number of hydrogen-bond acceptors (Lipinski definition) is 3. The van der Waals surface area contributed by atoms with Gasteiger partial charge >= 0.3 is 10.5 Å². The van der Waals surface area contributed by atoms with Crippen LogP contribution in [0.4, 0.5) is 0 Å². The molecule has 0 aliphatic carbocycles. The van der Waals surface area contributed by atoms with E-state index < -0.39 is 5.41 Å². The van der Waals surface area contributed by atoms with E-state index in [1.807, 2.05) is 20.8 Å². The number of hydrogen-bond donors (Lipinski definition) is 0. The number of ether oxygens (including phenoxy) is 1. The normalized spacial score (nSPS) is 11.2. The largest absolute Gasteiger partial charge is 0.516 e. The molecular weight excluding hydrogens is 208 g/mol. The van der Waals surface area contributed by atoms with Crippen LogP contribution >= 0.6 is 0 Å². The molecule has 0 heterocycles. The lowest BCUT2D eigenvalue weighted by molar-refractivity contribution is -0.144. The minimum absolute atomic E-state index is 0.251. The van der Waals surface area contributed by atoms with Gasteiger partial charge in [-0.25, -0.2) is 0 Å². The van der Waals surface area contributed by atoms with Crippen LogP contribution in [0.15, 0.2) is 12.2 Å². The van der Waals surface area contributed by atoms with Gasteiger partial charge in [0, 0.05) is 6.61 Å². The van der Waals surface area contributed by atoms with E-state index in [0.29, 0.717) is 13.2 Å². The van der Waals surface area contributed by atoms with Crippen molar-refractivity contribution in [3.8, 4) is 0 Å². The zero-order valence-corrected chi connectivity index (χ0v) is 10.8. The Balaban J connectivity index is 3.66. The fraction of sp³-hybridized carbons (Fsp3) is 0.727. The van der Waals surface area contributed by atoms with Gasteiger partial charge in [-0.15, -0.1) is 0 Å². The van der Waals surface area contributed by atoms with Crippen LogP contribution in [0.5, 0.6) is 0 Å². The van der Waals surface area contributed by atoms with Crippen molar-refractivity contribution in [1.82, 2.24) is 0 Å². The van der Waals surface area contributed by atoms with Crippen LogP contribution in [-0.2, 0) is 14.0 Å². The molecule has 4 heteroatoms. The first-order valence-corrected chi connectivity index (χ1v) is 5.41. The van der Waals surface area contributed by atoms with Gasteiger partial charge in [0.2, 0.25) is 0 Å². The summed E-state index contributed by atoms with van der Waals surface area (Å²) in [6, 6.07) is 0. The van der Waals surface area contributed by atoms with E-state index in [1.165, 1.54) is 0 Å². The zero-order valence-electron chi connectivity index (χ0n) is 9.76. The molecule has 0 spiro atoms.